The summed E-state index contributed by atoms with van der Waals surface area (Å²) in [6, 6.07) is -1.71. The summed E-state index contributed by atoms with van der Waals surface area (Å²) in [6.07, 6.45) is 3.84. The fraction of sp³-hybridized carbons (Fsp3) is 0.871. The van der Waals surface area contributed by atoms with E-state index in [1.165, 1.54) is 7.11 Å². The summed E-state index contributed by atoms with van der Waals surface area (Å²) in [5, 5.41) is 12.6. The highest BCUT2D eigenvalue weighted by Crippen LogP contribution is 2.29. The Balaban J connectivity index is 2.25. The van der Waals surface area contributed by atoms with Crippen LogP contribution in [-0.4, -0.2) is 121 Å². The van der Waals surface area contributed by atoms with Crippen LogP contribution in [0.3, 0.4) is 0 Å². The van der Waals surface area contributed by atoms with Crippen LogP contribution in [0.2, 0.25) is 0 Å². The van der Waals surface area contributed by atoms with E-state index in [-0.39, 0.29) is 48.1 Å². The summed E-state index contributed by atoms with van der Waals surface area (Å²) in [6.45, 7) is 10.9. The quantitative estimate of drug-likeness (QED) is 0.295. The van der Waals surface area contributed by atoms with Crippen LogP contribution < -0.4 is 5.32 Å². The molecule has 0 saturated carbocycles. The average Bonchev–Trinajstić information content (AvgIpc) is 3.44. The first-order valence-corrected chi connectivity index (χ1v) is 15.7. The largest absolute Gasteiger partial charge is 0.481 e. The Morgan fingerprint density at radius 2 is 1.67 bits per heavy atom. The van der Waals surface area contributed by atoms with Crippen molar-refractivity contribution in [3.8, 4) is 0 Å². The summed E-state index contributed by atoms with van der Waals surface area (Å²) in [5.74, 6) is -2.32. The monoisotopic (exact) mass is 596 g/mol. The van der Waals surface area contributed by atoms with E-state index in [0.717, 1.165) is 38.6 Å². The van der Waals surface area contributed by atoms with E-state index < -0.39 is 36.2 Å². The van der Waals surface area contributed by atoms with E-state index in [1.54, 1.807) is 30.9 Å². The predicted molar refractivity (Wildman–Crippen MR) is 161 cm³/mol. The van der Waals surface area contributed by atoms with Crippen molar-refractivity contribution in [1.29, 1.82) is 0 Å². The van der Waals surface area contributed by atoms with Crippen LogP contribution in [0.15, 0.2) is 0 Å². The van der Waals surface area contributed by atoms with Gasteiger partial charge in [0.2, 0.25) is 17.7 Å². The second-order valence-electron chi connectivity index (χ2n) is 12.6. The fourth-order valence-corrected chi connectivity index (χ4v) is 6.69. The highest BCUT2D eigenvalue weighted by molar-refractivity contribution is 5.90. The van der Waals surface area contributed by atoms with E-state index in [4.69, 9.17) is 9.47 Å². The van der Waals surface area contributed by atoms with Crippen molar-refractivity contribution in [2.75, 3.05) is 41.4 Å². The zero-order chi connectivity index (χ0) is 31.7. The lowest BCUT2D eigenvalue weighted by Crippen LogP contribution is -2.59. The second kappa shape index (κ2) is 16.6. The molecule has 0 aromatic rings. The van der Waals surface area contributed by atoms with E-state index in [9.17, 15) is 24.3 Å². The Labute approximate surface area is 252 Å². The number of carbonyl (C=O) groups excluding carboxylic acids is 3. The molecule has 0 aromatic carbocycles. The molecule has 11 nitrogen and oxygen atoms in total. The van der Waals surface area contributed by atoms with Gasteiger partial charge >= 0.3 is 5.97 Å². The van der Waals surface area contributed by atoms with Crippen LogP contribution in [0.4, 0.5) is 0 Å². The van der Waals surface area contributed by atoms with Gasteiger partial charge in [0, 0.05) is 27.8 Å². The maximum absolute atomic E-state index is 14.0. The van der Waals surface area contributed by atoms with Gasteiger partial charge in [-0.25, -0.2) is 0 Å². The smallest absolute Gasteiger partial charge is 0.308 e. The highest BCUT2D eigenvalue weighted by atomic mass is 16.5. The molecule has 2 aliphatic heterocycles. The molecule has 2 saturated heterocycles. The third-order valence-electron chi connectivity index (χ3n) is 9.54. The Kier molecular flexibility index (Phi) is 14.2. The lowest BCUT2D eigenvalue weighted by Gasteiger charge is -2.41. The molecular formula is C31H56N4O7. The standard InChI is InChI=1S/C31H56N4O7/c1-10-20(4)27(34(7)30(38)26(19(2)3)32-29(37)23-14-11-12-16-33(23)6)24(41-8)18-25(36)35-17-13-15-22(35)28(42-9)21(5)31(39)40/h19-24,26-28H,10-18H2,1-9H3,(H,32,37)(H,39,40)/t20-,21+,22?,23?,24+,26?,27-,28+/m0/s1. The zero-order valence-corrected chi connectivity index (χ0v) is 27.3. The van der Waals surface area contributed by atoms with Gasteiger partial charge in [-0.3, -0.25) is 24.1 Å². The van der Waals surface area contributed by atoms with Gasteiger partial charge in [-0.15, -0.1) is 0 Å². The van der Waals surface area contributed by atoms with Crippen molar-refractivity contribution >= 4 is 23.7 Å². The Hall–Kier alpha value is -2.24. The van der Waals surface area contributed by atoms with E-state index >= 15 is 0 Å². The lowest BCUT2D eigenvalue weighted by atomic mass is 9.89. The van der Waals surface area contributed by atoms with Crippen molar-refractivity contribution in [1.82, 2.24) is 20.0 Å². The number of aliphatic carboxylic acids is 1. The summed E-state index contributed by atoms with van der Waals surface area (Å²) >= 11 is 0. The number of likely N-dealkylation sites (tertiary alicyclic amines) is 2. The molecule has 2 aliphatic rings. The van der Waals surface area contributed by atoms with Gasteiger partial charge in [0.1, 0.15) is 6.04 Å². The molecular weight excluding hydrogens is 540 g/mol. The SMILES string of the molecule is CC[C@H](C)[C@@H]([C@@H](CC(=O)N1CCCC1[C@H](OC)[C@@H](C)C(=O)O)OC)N(C)C(=O)C(NC(=O)C1CCCCN1C)C(C)C. The number of ether oxygens (including phenoxy) is 2. The molecule has 3 unspecified atom stereocenters. The Morgan fingerprint density at radius 1 is 1.00 bits per heavy atom. The van der Waals surface area contributed by atoms with Crippen molar-refractivity contribution in [2.24, 2.45) is 17.8 Å². The lowest BCUT2D eigenvalue weighted by molar-refractivity contribution is -0.152. The number of carboxylic acid groups (broad SMARTS) is 1. The van der Waals surface area contributed by atoms with Gasteiger partial charge in [-0.05, 0) is 58.0 Å². The summed E-state index contributed by atoms with van der Waals surface area (Å²) in [5.41, 5.74) is 0. The molecule has 8 atom stereocenters. The minimum absolute atomic E-state index is 0.0119. The number of nitrogens with one attached hydrogen (secondary N) is 1. The van der Waals surface area contributed by atoms with Gasteiger partial charge in [0.15, 0.2) is 0 Å². The van der Waals surface area contributed by atoms with Crippen LogP contribution in [0.25, 0.3) is 0 Å². The van der Waals surface area contributed by atoms with Gasteiger partial charge in [0.25, 0.3) is 0 Å². The average molecular weight is 597 g/mol. The first-order valence-electron chi connectivity index (χ1n) is 15.7. The molecule has 42 heavy (non-hydrogen) atoms. The first kappa shape index (κ1) is 36.0. The Morgan fingerprint density at radius 3 is 2.19 bits per heavy atom. The van der Waals surface area contributed by atoms with Crippen LogP contribution in [-0.2, 0) is 28.7 Å². The Bertz CT molecular complexity index is 916. The molecule has 0 radical (unpaired) electrons. The zero-order valence-electron chi connectivity index (χ0n) is 27.3. The van der Waals surface area contributed by atoms with Crippen LogP contribution in [0.5, 0.6) is 0 Å². The van der Waals surface area contributed by atoms with E-state index in [2.05, 4.69) is 10.2 Å². The number of carbonyl (C=O) groups is 4. The van der Waals surface area contributed by atoms with Crippen molar-refractivity contribution in [3.05, 3.63) is 0 Å². The van der Waals surface area contributed by atoms with Gasteiger partial charge in [-0.2, -0.15) is 0 Å². The molecule has 0 spiro atoms. The molecule has 11 heteroatoms. The molecule has 0 aliphatic carbocycles. The number of nitrogens with zero attached hydrogens (tertiary/aromatic N) is 3. The molecule has 242 valence electrons. The van der Waals surface area contributed by atoms with E-state index in [1.807, 2.05) is 34.7 Å². The fourth-order valence-electron chi connectivity index (χ4n) is 6.69. The number of hydrogen-bond acceptors (Lipinski definition) is 7. The molecule has 2 rings (SSSR count). The number of likely N-dealkylation sites (N-methyl/N-ethyl adjacent to an activating group) is 2. The van der Waals surface area contributed by atoms with Gasteiger partial charge < -0.3 is 29.7 Å². The molecule has 0 bridgehead atoms. The maximum Gasteiger partial charge on any atom is 0.308 e. The summed E-state index contributed by atoms with van der Waals surface area (Å²) < 4.78 is 11.5. The summed E-state index contributed by atoms with van der Waals surface area (Å²) in [4.78, 5) is 58.1. The van der Waals surface area contributed by atoms with Crippen molar-refractivity contribution in [3.63, 3.8) is 0 Å². The number of rotatable bonds is 15. The van der Waals surface area contributed by atoms with Crippen molar-refractivity contribution < 1.29 is 33.8 Å². The predicted octanol–water partition coefficient (Wildman–Crippen LogP) is 2.62. The van der Waals surface area contributed by atoms with Gasteiger partial charge in [-0.1, -0.05) is 40.5 Å². The number of piperidine rings is 1. The normalized spacial score (nSPS) is 24.0. The first-order chi connectivity index (χ1) is 19.8. The van der Waals surface area contributed by atoms with Crippen LogP contribution >= 0.6 is 0 Å². The minimum atomic E-state index is -0.963. The third-order valence-corrected chi connectivity index (χ3v) is 9.54. The number of carboxylic acids is 1. The molecule has 2 heterocycles. The van der Waals surface area contributed by atoms with Crippen molar-refractivity contribution in [2.45, 2.75) is 116 Å². The van der Waals surface area contributed by atoms with E-state index in [0.29, 0.717) is 13.0 Å². The number of methoxy groups -OCH3 is 2. The third kappa shape index (κ3) is 8.66. The molecule has 0 aromatic heterocycles. The molecule has 3 amide bonds. The highest BCUT2D eigenvalue weighted by Gasteiger charge is 2.43. The second-order valence-corrected chi connectivity index (χ2v) is 12.6. The molecule has 2 fully saturated rings. The maximum atomic E-state index is 14.0. The summed E-state index contributed by atoms with van der Waals surface area (Å²) in [7, 11) is 6.72. The van der Waals surface area contributed by atoms with Gasteiger partial charge in [0.05, 0.1) is 42.7 Å². The molecule has 2 N–H and O–H groups in total. The number of hydrogen-bond donors (Lipinski definition) is 2. The minimum Gasteiger partial charge on any atom is -0.481 e. The number of amides is 3. The van der Waals surface area contributed by atoms with Crippen LogP contribution in [0, 0.1) is 17.8 Å². The topological polar surface area (TPSA) is 129 Å². The van der Waals surface area contributed by atoms with Crippen LogP contribution in [0.1, 0.15) is 79.6 Å².